The zero-order valence-electron chi connectivity index (χ0n) is 14.7. The van der Waals surface area contributed by atoms with E-state index in [1.165, 1.54) is 13.2 Å². The second-order valence-electron chi connectivity index (χ2n) is 6.07. The van der Waals surface area contributed by atoms with Crippen molar-refractivity contribution in [3.63, 3.8) is 0 Å². The number of nitro benzene ring substituents is 1. The Bertz CT molecular complexity index is 961. The average molecular weight is 352 g/mol. The molecule has 0 atom stereocenters. The summed E-state index contributed by atoms with van der Waals surface area (Å²) in [6.45, 7) is 2.08. The van der Waals surface area contributed by atoms with Gasteiger partial charge in [-0.2, -0.15) is 0 Å². The van der Waals surface area contributed by atoms with Gasteiger partial charge in [-0.25, -0.2) is 0 Å². The summed E-state index contributed by atoms with van der Waals surface area (Å²) in [4.78, 5) is 27.4. The maximum Gasteiger partial charge on any atom is 0.311 e. The predicted molar refractivity (Wildman–Crippen MR) is 100.0 cm³/mol. The SMILES string of the molecule is CCCCc1[nH]c2ccc([N+](=O)[O-])c(OC)c2c1C(=O)c1ccccc1. The van der Waals surface area contributed by atoms with Crippen molar-refractivity contribution < 1.29 is 14.5 Å². The van der Waals surface area contributed by atoms with Gasteiger partial charge in [0, 0.05) is 17.3 Å². The minimum atomic E-state index is -0.492. The number of hydrogen-bond acceptors (Lipinski definition) is 4. The molecule has 26 heavy (non-hydrogen) atoms. The molecule has 2 aromatic carbocycles. The van der Waals surface area contributed by atoms with E-state index in [-0.39, 0.29) is 17.2 Å². The molecule has 6 nitrogen and oxygen atoms in total. The number of methoxy groups -OCH3 is 1. The first-order valence-electron chi connectivity index (χ1n) is 8.54. The summed E-state index contributed by atoms with van der Waals surface area (Å²) in [7, 11) is 1.39. The minimum absolute atomic E-state index is 0.116. The van der Waals surface area contributed by atoms with Crippen LogP contribution >= 0.6 is 0 Å². The van der Waals surface area contributed by atoms with Crippen LogP contribution in [0.1, 0.15) is 41.4 Å². The second-order valence-corrected chi connectivity index (χ2v) is 6.07. The number of aryl methyl sites for hydroxylation is 1. The van der Waals surface area contributed by atoms with E-state index in [2.05, 4.69) is 11.9 Å². The van der Waals surface area contributed by atoms with Gasteiger partial charge in [0.15, 0.2) is 5.78 Å². The fraction of sp³-hybridized carbons (Fsp3) is 0.250. The number of hydrogen-bond donors (Lipinski definition) is 1. The van der Waals surface area contributed by atoms with Crippen LogP contribution in [0.25, 0.3) is 10.9 Å². The molecule has 0 saturated heterocycles. The summed E-state index contributed by atoms with van der Waals surface area (Å²) >= 11 is 0. The second kappa shape index (κ2) is 7.39. The zero-order valence-corrected chi connectivity index (χ0v) is 14.7. The smallest absolute Gasteiger partial charge is 0.311 e. The van der Waals surface area contributed by atoms with E-state index in [1.54, 1.807) is 30.3 Å². The van der Waals surface area contributed by atoms with Crippen molar-refractivity contribution in [1.29, 1.82) is 0 Å². The number of nitrogens with one attached hydrogen (secondary N) is 1. The lowest BCUT2D eigenvalue weighted by molar-refractivity contribution is -0.385. The van der Waals surface area contributed by atoms with E-state index in [0.717, 1.165) is 18.5 Å². The van der Waals surface area contributed by atoms with E-state index >= 15 is 0 Å². The number of ether oxygens (including phenoxy) is 1. The number of nitro groups is 1. The summed E-state index contributed by atoms with van der Waals surface area (Å²) in [6, 6.07) is 12.0. The van der Waals surface area contributed by atoms with Gasteiger partial charge < -0.3 is 9.72 Å². The molecular formula is C20H20N2O4. The number of ketones is 1. The van der Waals surface area contributed by atoms with Crippen molar-refractivity contribution in [2.75, 3.05) is 7.11 Å². The Morgan fingerprint density at radius 1 is 1.19 bits per heavy atom. The standard InChI is InChI=1S/C20H20N2O4/c1-3-4-10-14-17(19(23)13-8-6-5-7-9-13)18-15(21-14)11-12-16(22(24)25)20(18)26-2/h5-9,11-12,21H,3-4,10H2,1-2H3. The highest BCUT2D eigenvalue weighted by atomic mass is 16.6. The molecular weight excluding hydrogens is 332 g/mol. The molecule has 0 radical (unpaired) electrons. The van der Waals surface area contributed by atoms with E-state index in [1.807, 2.05) is 6.07 Å². The minimum Gasteiger partial charge on any atom is -0.490 e. The largest absolute Gasteiger partial charge is 0.490 e. The van der Waals surface area contributed by atoms with Gasteiger partial charge >= 0.3 is 5.69 Å². The number of H-pyrrole nitrogens is 1. The quantitative estimate of drug-likeness (QED) is 0.381. The lowest BCUT2D eigenvalue weighted by Crippen LogP contribution is -2.05. The van der Waals surface area contributed by atoms with E-state index in [9.17, 15) is 14.9 Å². The molecule has 0 bridgehead atoms. The summed E-state index contributed by atoms with van der Waals surface area (Å²) in [6.07, 6.45) is 2.58. The Balaban J connectivity index is 2.30. The molecule has 0 aliphatic heterocycles. The highest BCUT2D eigenvalue weighted by Gasteiger charge is 2.27. The summed E-state index contributed by atoms with van der Waals surface area (Å²) in [5.74, 6) is -0.0486. The highest BCUT2D eigenvalue weighted by molar-refractivity contribution is 6.19. The lowest BCUT2D eigenvalue weighted by atomic mass is 9.97. The molecule has 0 aliphatic rings. The third kappa shape index (κ3) is 3.06. The summed E-state index contributed by atoms with van der Waals surface area (Å²) in [5, 5.41) is 11.9. The van der Waals surface area contributed by atoms with Gasteiger partial charge in [-0.1, -0.05) is 43.7 Å². The number of carbonyl (C=O) groups excluding carboxylic acids is 1. The maximum atomic E-state index is 13.2. The molecule has 0 unspecified atom stereocenters. The van der Waals surface area contributed by atoms with Crippen LogP contribution in [0, 0.1) is 10.1 Å². The maximum absolute atomic E-state index is 13.2. The monoisotopic (exact) mass is 352 g/mol. The molecule has 134 valence electrons. The van der Waals surface area contributed by atoms with Crippen molar-refractivity contribution >= 4 is 22.4 Å². The van der Waals surface area contributed by atoms with Gasteiger partial charge in [-0.05, 0) is 18.9 Å². The fourth-order valence-corrected chi connectivity index (χ4v) is 3.18. The Hall–Kier alpha value is -3.15. The Morgan fingerprint density at radius 3 is 2.54 bits per heavy atom. The number of aromatic nitrogens is 1. The number of rotatable bonds is 7. The predicted octanol–water partition coefficient (Wildman–Crippen LogP) is 4.66. The van der Waals surface area contributed by atoms with Crippen LogP contribution in [0.4, 0.5) is 5.69 Å². The third-order valence-corrected chi connectivity index (χ3v) is 4.42. The van der Waals surface area contributed by atoms with Crippen molar-refractivity contribution in [1.82, 2.24) is 4.98 Å². The van der Waals surface area contributed by atoms with Crippen LogP contribution < -0.4 is 4.74 Å². The topological polar surface area (TPSA) is 85.2 Å². The van der Waals surface area contributed by atoms with Gasteiger partial charge in [0.1, 0.15) is 0 Å². The normalized spacial score (nSPS) is 10.8. The van der Waals surface area contributed by atoms with Crippen LogP contribution in [0.2, 0.25) is 0 Å². The zero-order chi connectivity index (χ0) is 18.7. The van der Waals surface area contributed by atoms with Crippen molar-refractivity contribution in [3.05, 3.63) is 69.4 Å². The van der Waals surface area contributed by atoms with Gasteiger partial charge in [-0.3, -0.25) is 14.9 Å². The Kier molecular flexibility index (Phi) is 5.02. The number of aromatic amines is 1. The molecule has 6 heteroatoms. The Morgan fingerprint density at radius 2 is 1.92 bits per heavy atom. The summed E-state index contributed by atoms with van der Waals surface area (Å²) < 4.78 is 5.35. The molecule has 1 aromatic heterocycles. The van der Waals surface area contributed by atoms with E-state index < -0.39 is 4.92 Å². The van der Waals surface area contributed by atoms with Crippen LogP contribution in [0.3, 0.4) is 0 Å². The number of benzene rings is 2. The van der Waals surface area contributed by atoms with Crippen LogP contribution in [-0.2, 0) is 6.42 Å². The molecule has 3 aromatic rings. The van der Waals surface area contributed by atoms with Gasteiger partial charge in [-0.15, -0.1) is 0 Å². The van der Waals surface area contributed by atoms with Crippen LogP contribution in [0.5, 0.6) is 5.75 Å². The molecule has 0 fully saturated rings. The molecule has 1 N–H and O–H groups in total. The fourth-order valence-electron chi connectivity index (χ4n) is 3.18. The van der Waals surface area contributed by atoms with E-state index in [4.69, 9.17) is 4.74 Å². The van der Waals surface area contributed by atoms with Crippen molar-refractivity contribution in [3.8, 4) is 5.75 Å². The number of nitrogens with zero attached hydrogens (tertiary/aromatic N) is 1. The number of unbranched alkanes of at least 4 members (excludes halogenated alkanes) is 1. The first-order chi connectivity index (χ1) is 12.6. The lowest BCUT2D eigenvalue weighted by Gasteiger charge is -2.07. The molecule has 0 aliphatic carbocycles. The van der Waals surface area contributed by atoms with Gasteiger partial charge in [0.05, 0.1) is 28.5 Å². The molecule has 0 amide bonds. The summed E-state index contributed by atoms with van der Waals surface area (Å²) in [5.41, 5.74) is 2.30. The van der Waals surface area contributed by atoms with Gasteiger partial charge in [0.2, 0.25) is 5.75 Å². The molecule has 1 heterocycles. The molecule has 0 saturated carbocycles. The number of carbonyl (C=O) groups is 1. The highest BCUT2D eigenvalue weighted by Crippen LogP contribution is 2.39. The molecule has 3 rings (SSSR count). The van der Waals surface area contributed by atoms with Crippen LogP contribution in [-0.4, -0.2) is 22.8 Å². The third-order valence-electron chi connectivity index (χ3n) is 4.42. The van der Waals surface area contributed by atoms with Crippen molar-refractivity contribution in [2.45, 2.75) is 26.2 Å². The van der Waals surface area contributed by atoms with E-state index in [0.29, 0.717) is 28.5 Å². The molecule has 0 spiro atoms. The van der Waals surface area contributed by atoms with Gasteiger partial charge in [0.25, 0.3) is 0 Å². The van der Waals surface area contributed by atoms with Crippen LogP contribution in [0.15, 0.2) is 42.5 Å². The van der Waals surface area contributed by atoms with Crippen molar-refractivity contribution in [2.24, 2.45) is 0 Å². The average Bonchev–Trinajstić information content (AvgIpc) is 3.03. The number of fused-ring (bicyclic) bond motifs is 1. The Labute approximate surface area is 150 Å². The first kappa shape index (κ1) is 17.7. The first-order valence-corrected chi connectivity index (χ1v) is 8.54.